The van der Waals surface area contributed by atoms with E-state index in [0.717, 1.165) is 29.2 Å². The molecule has 0 aliphatic rings. The third kappa shape index (κ3) is 5.13. The van der Waals surface area contributed by atoms with Gasteiger partial charge in [-0.05, 0) is 42.0 Å². The topological polar surface area (TPSA) is 60.2 Å². The lowest BCUT2D eigenvalue weighted by atomic mass is 10.2. The summed E-state index contributed by atoms with van der Waals surface area (Å²) >= 11 is 0. The lowest BCUT2D eigenvalue weighted by Gasteiger charge is -2.18. The summed E-state index contributed by atoms with van der Waals surface area (Å²) in [5.74, 6) is -1.82. The second-order valence-electron chi connectivity index (χ2n) is 6.36. The van der Waals surface area contributed by atoms with Gasteiger partial charge in [0, 0.05) is 13.6 Å². The van der Waals surface area contributed by atoms with Gasteiger partial charge in [0.1, 0.15) is 11.6 Å². The normalized spacial score (nSPS) is 11.6. The van der Waals surface area contributed by atoms with Gasteiger partial charge >= 0.3 is 12.8 Å². The average molecular weight is 444 g/mol. The highest BCUT2D eigenvalue weighted by molar-refractivity contribution is 5.93. The van der Waals surface area contributed by atoms with Gasteiger partial charge in [-0.15, -0.1) is 5.10 Å². The summed E-state index contributed by atoms with van der Waals surface area (Å²) in [5.41, 5.74) is -2.01. The van der Waals surface area contributed by atoms with Gasteiger partial charge in [0.05, 0.1) is 5.69 Å². The maximum absolute atomic E-state index is 13.7. The quantitative estimate of drug-likeness (QED) is 0.532. The van der Waals surface area contributed by atoms with Gasteiger partial charge in [-0.25, -0.2) is 9.07 Å². The Balaban J connectivity index is 1.86. The highest BCUT2D eigenvalue weighted by Gasteiger charge is 2.42. The molecular formula is C19H14F6N4O2. The number of hydrogen-bond acceptors (Lipinski definition) is 4. The summed E-state index contributed by atoms with van der Waals surface area (Å²) in [6, 6.07) is 9.31. The minimum absolute atomic E-state index is 0.102. The third-order valence-corrected chi connectivity index (χ3v) is 4.13. The summed E-state index contributed by atoms with van der Waals surface area (Å²) in [6.45, 7) is -3.13. The minimum Gasteiger partial charge on any atom is -0.435 e. The van der Waals surface area contributed by atoms with Crippen molar-refractivity contribution in [3.8, 4) is 11.4 Å². The van der Waals surface area contributed by atoms with Gasteiger partial charge in [0.25, 0.3) is 5.91 Å². The predicted octanol–water partition coefficient (Wildman–Crippen LogP) is 4.30. The van der Waals surface area contributed by atoms with Crippen molar-refractivity contribution < 1.29 is 35.9 Å². The third-order valence-electron chi connectivity index (χ3n) is 4.13. The molecule has 3 rings (SSSR count). The van der Waals surface area contributed by atoms with Crippen LogP contribution in [0.4, 0.5) is 26.3 Å². The van der Waals surface area contributed by atoms with E-state index in [4.69, 9.17) is 0 Å². The van der Waals surface area contributed by atoms with E-state index in [1.165, 1.54) is 31.3 Å². The number of carbonyl (C=O) groups is 1. The molecule has 164 valence electrons. The molecule has 12 heteroatoms. The summed E-state index contributed by atoms with van der Waals surface area (Å²) in [5, 5.41) is 6.82. The van der Waals surface area contributed by atoms with Crippen LogP contribution >= 0.6 is 0 Å². The highest BCUT2D eigenvalue weighted by atomic mass is 19.4. The Bertz CT molecular complexity index is 1050. The van der Waals surface area contributed by atoms with Gasteiger partial charge in [-0.2, -0.15) is 22.0 Å². The van der Waals surface area contributed by atoms with Crippen LogP contribution in [0.2, 0.25) is 0 Å². The van der Waals surface area contributed by atoms with Crippen molar-refractivity contribution in [1.29, 1.82) is 0 Å². The molecule has 1 aromatic heterocycles. The molecule has 2 aromatic carbocycles. The second kappa shape index (κ2) is 8.66. The molecule has 6 nitrogen and oxygen atoms in total. The second-order valence-corrected chi connectivity index (χ2v) is 6.36. The number of aromatic nitrogens is 3. The lowest BCUT2D eigenvalue weighted by molar-refractivity contribution is -0.143. The number of benzene rings is 2. The number of amides is 1. The first kappa shape index (κ1) is 22.1. The molecule has 0 bridgehead atoms. The van der Waals surface area contributed by atoms with Gasteiger partial charge in [0.15, 0.2) is 11.4 Å². The first-order chi connectivity index (χ1) is 14.6. The zero-order chi connectivity index (χ0) is 22.8. The summed E-state index contributed by atoms with van der Waals surface area (Å²) in [4.78, 5) is 13.6. The molecule has 3 aromatic rings. The molecule has 0 saturated carbocycles. The van der Waals surface area contributed by atoms with Crippen LogP contribution in [-0.4, -0.2) is 39.5 Å². The minimum atomic E-state index is -4.97. The molecule has 1 heterocycles. The van der Waals surface area contributed by atoms with E-state index >= 15 is 0 Å². The van der Waals surface area contributed by atoms with Crippen LogP contribution in [0.5, 0.6) is 5.75 Å². The Morgan fingerprint density at radius 3 is 2.26 bits per heavy atom. The van der Waals surface area contributed by atoms with Crippen LogP contribution in [-0.2, 0) is 12.7 Å². The Labute approximate surface area is 171 Å². The molecule has 0 atom stereocenters. The molecule has 0 aliphatic carbocycles. The number of ether oxygens (including phenoxy) is 1. The summed E-state index contributed by atoms with van der Waals surface area (Å²) in [7, 11) is 1.25. The summed E-state index contributed by atoms with van der Waals surface area (Å²) < 4.78 is 83.2. The number of hydrogen-bond donors (Lipinski definition) is 0. The Kier molecular flexibility index (Phi) is 6.18. The number of nitrogens with zero attached hydrogens (tertiary/aromatic N) is 4. The molecule has 0 unspecified atom stereocenters. The van der Waals surface area contributed by atoms with Crippen LogP contribution in [0.15, 0.2) is 48.5 Å². The largest absolute Gasteiger partial charge is 0.435 e. The number of halogens is 6. The van der Waals surface area contributed by atoms with E-state index < -0.39 is 35.9 Å². The van der Waals surface area contributed by atoms with E-state index in [0.29, 0.717) is 10.2 Å². The lowest BCUT2D eigenvalue weighted by Crippen LogP contribution is -2.29. The maximum Gasteiger partial charge on any atom is 0.435 e. The van der Waals surface area contributed by atoms with Crippen molar-refractivity contribution in [3.63, 3.8) is 0 Å². The van der Waals surface area contributed by atoms with Crippen LogP contribution in [0, 0.1) is 5.82 Å². The highest BCUT2D eigenvalue weighted by Crippen LogP contribution is 2.33. The molecule has 0 aliphatic heterocycles. The zero-order valence-electron chi connectivity index (χ0n) is 15.8. The molecule has 0 radical (unpaired) electrons. The zero-order valence-corrected chi connectivity index (χ0v) is 15.8. The van der Waals surface area contributed by atoms with Crippen molar-refractivity contribution in [1.82, 2.24) is 19.9 Å². The van der Waals surface area contributed by atoms with Crippen molar-refractivity contribution in [2.24, 2.45) is 0 Å². The average Bonchev–Trinajstić information content (AvgIpc) is 3.14. The fourth-order valence-electron chi connectivity index (χ4n) is 2.75. The van der Waals surface area contributed by atoms with Crippen LogP contribution in [0.1, 0.15) is 21.7 Å². The van der Waals surface area contributed by atoms with Crippen molar-refractivity contribution >= 4 is 5.91 Å². The van der Waals surface area contributed by atoms with E-state index in [1.54, 1.807) is 0 Å². The molecule has 0 spiro atoms. The monoisotopic (exact) mass is 444 g/mol. The number of carbonyl (C=O) groups excluding carboxylic acids is 1. The Morgan fingerprint density at radius 2 is 1.71 bits per heavy atom. The fourth-order valence-corrected chi connectivity index (χ4v) is 2.75. The smallest absolute Gasteiger partial charge is 0.435 e. The van der Waals surface area contributed by atoms with Crippen LogP contribution < -0.4 is 4.74 Å². The summed E-state index contributed by atoms with van der Waals surface area (Å²) in [6.07, 6.45) is -4.97. The SMILES string of the molecule is CN(Cc1ccc(OC(F)F)cc1)C(=O)c1nnn(-c2ccc(F)cc2)c1C(F)(F)F. The van der Waals surface area contributed by atoms with E-state index in [1.807, 2.05) is 0 Å². The first-order valence-corrected chi connectivity index (χ1v) is 8.64. The molecule has 1 amide bonds. The molecule has 0 saturated heterocycles. The van der Waals surface area contributed by atoms with Crippen LogP contribution in [0.25, 0.3) is 5.69 Å². The van der Waals surface area contributed by atoms with E-state index in [-0.39, 0.29) is 18.0 Å². The Morgan fingerprint density at radius 1 is 1.10 bits per heavy atom. The first-order valence-electron chi connectivity index (χ1n) is 8.64. The van der Waals surface area contributed by atoms with Crippen molar-refractivity contribution in [2.45, 2.75) is 19.3 Å². The van der Waals surface area contributed by atoms with E-state index in [2.05, 4.69) is 15.0 Å². The Hall–Kier alpha value is -3.57. The van der Waals surface area contributed by atoms with E-state index in [9.17, 15) is 31.1 Å². The van der Waals surface area contributed by atoms with Gasteiger partial charge in [-0.1, -0.05) is 17.3 Å². The molecule has 0 N–H and O–H groups in total. The molecule has 31 heavy (non-hydrogen) atoms. The molecular weight excluding hydrogens is 430 g/mol. The standard InChI is InChI=1S/C19H14F6N4O2/c1-28(10-11-2-8-14(9-3-11)31-18(21)22)17(30)15-16(19(23,24)25)29(27-26-15)13-6-4-12(20)5-7-13/h2-9,18H,10H2,1H3. The maximum atomic E-state index is 13.7. The van der Waals surface area contributed by atoms with Gasteiger partial charge in [0.2, 0.25) is 0 Å². The number of rotatable bonds is 6. The molecule has 0 fully saturated rings. The number of alkyl halides is 5. The fraction of sp³-hybridized carbons (Fsp3) is 0.211. The van der Waals surface area contributed by atoms with Gasteiger partial charge in [-0.3, -0.25) is 4.79 Å². The van der Waals surface area contributed by atoms with Crippen molar-refractivity contribution in [2.75, 3.05) is 7.05 Å². The van der Waals surface area contributed by atoms with Crippen molar-refractivity contribution in [3.05, 3.63) is 71.3 Å². The van der Waals surface area contributed by atoms with Crippen LogP contribution in [0.3, 0.4) is 0 Å². The van der Waals surface area contributed by atoms with Gasteiger partial charge < -0.3 is 9.64 Å². The predicted molar refractivity (Wildman–Crippen MR) is 95.2 cm³/mol.